The molecule has 0 spiro atoms. The number of ether oxygens (including phenoxy) is 1. The Hall–Kier alpha value is -1.35. The van der Waals surface area contributed by atoms with Crippen molar-refractivity contribution in [1.82, 2.24) is 16.0 Å². The van der Waals surface area contributed by atoms with Crippen molar-refractivity contribution in [3.63, 3.8) is 0 Å². The van der Waals surface area contributed by atoms with Crippen LogP contribution in [0, 0.1) is 12.8 Å². The van der Waals surface area contributed by atoms with E-state index in [1.807, 2.05) is 0 Å². The van der Waals surface area contributed by atoms with E-state index in [0.29, 0.717) is 18.4 Å². The molecule has 1 saturated carbocycles. The van der Waals surface area contributed by atoms with Gasteiger partial charge in [0.25, 0.3) is 0 Å². The predicted molar refractivity (Wildman–Crippen MR) is 132 cm³/mol. The first-order chi connectivity index (χ1) is 14.2. The first-order valence-electron chi connectivity index (χ1n) is 11.2. The SMILES string of the molecule is CCNC(=NCC1CCCOC1c1ccc(C)cc1)NCCCC(=O)NC1CC1.I. The summed E-state index contributed by atoms with van der Waals surface area (Å²) in [5.74, 6) is 1.37. The van der Waals surface area contributed by atoms with E-state index in [0.717, 1.165) is 64.3 Å². The van der Waals surface area contributed by atoms with Crippen LogP contribution >= 0.6 is 24.0 Å². The summed E-state index contributed by atoms with van der Waals surface area (Å²) in [6, 6.07) is 9.10. The molecule has 30 heavy (non-hydrogen) atoms. The largest absolute Gasteiger partial charge is 0.373 e. The lowest BCUT2D eigenvalue weighted by molar-refractivity contribution is -0.121. The van der Waals surface area contributed by atoms with Crippen LogP contribution in [-0.2, 0) is 9.53 Å². The Morgan fingerprint density at radius 1 is 1.17 bits per heavy atom. The number of hydrogen-bond donors (Lipinski definition) is 3. The zero-order valence-electron chi connectivity index (χ0n) is 18.3. The molecule has 168 valence electrons. The number of halogens is 1. The van der Waals surface area contributed by atoms with Gasteiger partial charge in [-0.05, 0) is 51.5 Å². The lowest BCUT2D eigenvalue weighted by Crippen LogP contribution is -2.39. The Kier molecular flexibility index (Phi) is 10.9. The molecule has 1 aromatic carbocycles. The summed E-state index contributed by atoms with van der Waals surface area (Å²) in [4.78, 5) is 16.6. The summed E-state index contributed by atoms with van der Waals surface area (Å²) < 4.78 is 6.12. The van der Waals surface area contributed by atoms with Gasteiger partial charge >= 0.3 is 0 Å². The van der Waals surface area contributed by atoms with E-state index >= 15 is 0 Å². The molecule has 0 radical (unpaired) electrons. The first-order valence-corrected chi connectivity index (χ1v) is 11.2. The second-order valence-corrected chi connectivity index (χ2v) is 8.20. The van der Waals surface area contributed by atoms with E-state index in [1.54, 1.807) is 0 Å². The van der Waals surface area contributed by atoms with Crippen LogP contribution in [-0.4, -0.2) is 44.1 Å². The van der Waals surface area contributed by atoms with Gasteiger partial charge in [-0.2, -0.15) is 0 Å². The highest BCUT2D eigenvalue weighted by Crippen LogP contribution is 2.33. The fourth-order valence-electron chi connectivity index (χ4n) is 3.69. The molecule has 2 atom stereocenters. The number of carbonyl (C=O) groups excluding carboxylic acids is 1. The van der Waals surface area contributed by atoms with Crippen molar-refractivity contribution < 1.29 is 9.53 Å². The normalized spacial score (nSPS) is 21.5. The zero-order chi connectivity index (χ0) is 20.5. The van der Waals surface area contributed by atoms with Crippen LogP contribution in [0.25, 0.3) is 0 Å². The molecule has 3 N–H and O–H groups in total. The molecule has 6 nitrogen and oxygen atoms in total. The van der Waals surface area contributed by atoms with Gasteiger partial charge in [-0.15, -0.1) is 24.0 Å². The van der Waals surface area contributed by atoms with Crippen molar-refractivity contribution in [3.8, 4) is 0 Å². The molecule has 0 aromatic heterocycles. The topological polar surface area (TPSA) is 74.8 Å². The van der Waals surface area contributed by atoms with Crippen LogP contribution in [0.5, 0.6) is 0 Å². The van der Waals surface area contributed by atoms with Gasteiger partial charge in [-0.3, -0.25) is 9.79 Å². The summed E-state index contributed by atoms with van der Waals surface area (Å²) in [5.41, 5.74) is 2.51. The van der Waals surface area contributed by atoms with Gasteiger partial charge in [0, 0.05) is 44.6 Å². The minimum absolute atomic E-state index is 0. The van der Waals surface area contributed by atoms with Gasteiger partial charge in [-0.25, -0.2) is 0 Å². The highest BCUT2D eigenvalue weighted by molar-refractivity contribution is 14.0. The van der Waals surface area contributed by atoms with Gasteiger partial charge in [0.05, 0.1) is 6.10 Å². The molecule has 2 fully saturated rings. The van der Waals surface area contributed by atoms with Gasteiger partial charge in [0.1, 0.15) is 0 Å². The van der Waals surface area contributed by atoms with Crippen LogP contribution in [0.3, 0.4) is 0 Å². The second kappa shape index (κ2) is 13.1. The molecule has 1 heterocycles. The maximum absolute atomic E-state index is 11.8. The molecule has 2 aliphatic rings. The third-order valence-corrected chi connectivity index (χ3v) is 5.49. The standard InChI is InChI=1S/C23H36N4O2.HI/c1-3-24-23(25-14-4-7-21(28)27-20-12-13-20)26-16-19-6-5-15-29-22(19)18-10-8-17(2)9-11-18;/h8-11,19-20,22H,3-7,12-16H2,1-2H3,(H,27,28)(H2,24,25,26);1H. The average Bonchev–Trinajstić information content (AvgIpc) is 3.54. The summed E-state index contributed by atoms with van der Waals surface area (Å²) in [5, 5.41) is 9.71. The zero-order valence-corrected chi connectivity index (χ0v) is 20.6. The van der Waals surface area contributed by atoms with Crippen molar-refractivity contribution in [1.29, 1.82) is 0 Å². The van der Waals surface area contributed by atoms with Crippen LogP contribution in [0.15, 0.2) is 29.3 Å². The Bertz CT molecular complexity index is 676. The molecule has 3 rings (SSSR count). The Morgan fingerprint density at radius 2 is 1.93 bits per heavy atom. The summed E-state index contributed by atoms with van der Waals surface area (Å²) >= 11 is 0. The lowest BCUT2D eigenvalue weighted by atomic mass is 9.89. The number of aliphatic imine (C=N–C) groups is 1. The van der Waals surface area contributed by atoms with Gasteiger partial charge in [0.2, 0.25) is 5.91 Å². The maximum Gasteiger partial charge on any atom is 0.220 e. The maximum atomic E-state index is 11.8. The highest BCUT2D eigenvalue weighted by Gasteiger charge is 2.27. The molecule has 1 amide bonds. The molecule has 1 saturated heterocycles. The second-order valence-electron chi connectivity index (χ2n) is 8.20. The molecule has 7 heteroatoms. The molecular weight excluding hydrogens is 491 g/mol. The number of nitrogens with zero attached hydrogens (tertiary/aromatic N) is 1. The summed E-state index contributed by atoms with van der Waals surface area (Å²) in [6.45, 7) is 7.29. The Morgan fingerprint density at radius 3 is 2.63 bits per heavy atom. The highest BCUT2D eigenvalue weighted by atomic mass is 127. The number of hydrogen-bond acceptors (Lipinski definition) is 3. The van der Waals surface area contributed by atoms with Crippen molar-refractivity contribution in [2.75, 3.05) is 26.2 Å². The van der Waals surface area contributed by atoms with Gasteiger partial charge in [0.15, 0.2) is 5.96 Å². The molecule has 0 bridgehead atoms. The Balaban J connectivity index is 0.00000320. The third-order valence-electron chi connectivity index (χ3n) is 5.49. The van der Waals surface area contributed by atoms with Crippen LogP contribution in [0.4, 0.5) is 0 Å². The Labute approximate surface area is 198 Å². The smallest absolute Gasteiger partial charge is 0.220 e. The van der Waals surface area contributed by atoms with Crippen molar-refractivity contribution in [2.45, 2.75) is 64.5 Å². The van der Waals surface area contributed by atoms with Crippen LogP contribution in [0.2, 0.25) is 0 Å². The van der Waals surface area contributed by atoms with E-state index in [-0.39, 0.29) is 36.0 Å². The summed E-state index contributed by atoms with van der Waals surface area (Å²) in [7, 11) is 0. The molecule has 1 aliphatic heterocycles. The quantitative estimate of drug-likeness (QED) is 0.198. The first kappa shape index (κ1) is 24.9. The average molecular weight is 528 g/mol. The van der Waals surface area contributed by atoms with E-state index < -0.39 is 0 Å². The molecule has 2 unspecified atom stereocenters. The number of aryl methyl sites for hydroxylation is 1. The number of benzene rings is 1. The molecule has 1 aliphatic carbocycles. The van der Waals surface area contributed by atoms with Gasteiger partial charge < -0.3 is 20.7 Å². The number of amides is 1. The molecular formula is C23H37IN4O2. The van der Waals surface area contributed by atoms with E-state index in [2.05, 4.69) is 54.1 Å². The number of nitrogens with one attached hydrogen (secondary N) is 3. The summed E-state index contributed by atoms with van der Waals surface area (Å²) in [6.07, 6.45) is 5.97. The van der Waals surface area contributed by atoms with Gasteiger partial charge in [-0.1, -0.05) is 29.8 Å². The van der Waals surface area contributed by atoms with E-state index in [4.69, 9.17) is 9.73 Å². The number of carbonyl (C=O) groups is 1. The fraction of sp³-hybridized carbons (Fsp3) is 0.652. The van der Waals surface area contributed by atoms with Crippen LogP contribution < -0.4 is 16.0 Å². The predicted octanol–water partition coefficient (Wildman–Crippen LogP) is 3.69. The van der Waals surface area contributed by atoms with E-state index in [9.17, 15) is 4.79 Å². The third kappa shape index (κ3) is 8.41. The monoisotopic (exact) mass is 528 g/mol. The minimum atomic E-state index is 0. The fourth-order valence-corrected chi connectivity index (χ4v) is 3.69. The van der Waals surface area contributed by atoms with E-state index in [1.165, 1.54) is 11.1 Å². The number of rotatable bonds is 9. The van der Waals surface area contributed by atoms with Crippen LogP contribution in [0.1, 0.15) is 62.7 Å². The van der Waals surface area contributed by atoms with Crippen molar-refractivity contribution in [2.24, 2.45) is 10.9 Å². The minimum Gasteiger partial charge on any atom is -0.373 e. The van der Waals surface area contributed by atoms with Crippen molar-refractivity contribution >= 4 is 35.8 Å². The lowest BCUT2D eigenvalue weighted by Gasteiger charge is -2.31. The molecule has 1 aromatic rings. The van der Waals surface area contributed by atoms with Crippen molar-refractivity contribution in [3.05, 3.63) is 35.4 Å². The number of guanidine groups is 1.